The Morgan fingerprint density at radius 1 is 1.32 bits per heavy atom. The van der Waals surface area contributed by atoms with E-state index in [0.717, 1.165) is 12.0 Å². The Morgan fingerprint density at radius 2 is 2.00 bits per heavy atom. The maximum absolute atomic E-state index is 12.4. The molecule has 6 nitrogen and oxygen atoms in total. The molecule has 138 valence electrons. The number of likely N-dealkylation sites (tertiary alicyclic amines) is 1. The summed E-state index contributed by atoms with van der Waals surface area (Å²) in [5.41, 5.74) is 6.93. The smallest absolute Gasteiger partial charge is 0.410 e. The topological polar surface area (TPSA) is 75.9 Å². The van der Waals surface area contributed by atoms with E-state index in [4.69, 9.17) is 10.5 Å². The van der Waals surface area contributed by atoms with Gasteiger partial charge in [-0.15, -0.1) is 0 Å². The predicted molar refractivity (Wildman–Crippen MR) is 96.8 cm³/mol. The highest BCUT2D eigenvalue weighted by Gasteiger charge is 2.35. The third kappa shape index (κ3) is 4.95. The number of ether oxygens (including phenoxy) is 1. The van der Waals surface area contributed by atoms with Crippen LogP contribution in [0.25, 0.3) is 0 Å². The minimum Gasteiger partial charge on any atom is -0.445 e. The molecule has 2 N–H and O–H groups in total. The zero-order chi connectivity index (χ0) is 18.4. The van der Waals surface area contributed by atoms with E-state index in [1.54, 1.807) is 9.80 Å². The van der Waals surface area contributed by atoms with Crippen molar-refractivity contribution in [2.75, 3.05) is 19.6 Å². The number of hydrogen-bond acceptors (Lipinski definition) is 4. The Hall–Kier alpha value is -2.08. The number of nitrogens with two attached hydrogens (primary N) is 1. The first-order valence-electron chi connectivity index (χ1n) is 8.95. The minimum absolute atomic E-state index is 0.0171. The van der Waals surface area contributed by atoms with E-state index in [2.05, 4.69) is 0 Å². The van der Waals surface area contributed by atoms with Gasteiger partial charge in [-0.05, 0) is 24.8 Å². The van der Waals surface area contributed by atoms with E-state index in [9.17, 15) is 9.59 Å². The molecule has 0 radical (unpaired) electrons. The van der Waals surface area contributed by atoms with Crippen molar-refractivity contribution in [2.45, 2.75) is 45.9 Å². The SMILES string of the molecule is CCN(C(=O)OCc1ccccc1)C1CCN(C(=O)C(N)C(C)C)C1. The molecule has 1 fully saturated rings. The molecule has 6 heteroatoms. The Bertz CT molecular complexity index is 577. The first kappa shape index (κ1) is 19.2. The second-order valence-corrected chi connectivity index (χ2v) is 6.82. The van der Waals surface area contributed by atoms with Crippen LogP contribution in [-0.2, 0) is 16.1 Å². The second kappa shape index (κ2) is 8.85. The van der Waals surface area contributed by atoms with Crippen LogP contribution >= 0.6 is 0 Å². The number of nitrogens with zero attached hydrogens (tertiary/aromatic N) is 2. The lowest BCUT2D eigenvalue weighted by Gasteiger charge is -2.28. The zero-order valence-corrected chi connectivity index (χ0v) is 15.4. The number of rotatable bonds is 6. The van der Waals surface area contributed by atoms with Crippen LogP contribution in [-0.4, -0.2) is 53.5 Å². The monoisotopic (exact) mass is 347 g/mol. The second-order valence-electron chi connectivity index (χ2n) is 6.82. The van der Waals surface area contributed by atoms with Crippen molar-refractivity contribution in [3.05, 3.63) is 35.9 Å². The average Bonchev–Trinajstić information content (AvgIpc) is 3.09. The van der Waals surface area contributed by atoms with E-state index >= 15 is 0 Å². The molecule has 2 atom stereocenters. The van der Waals surface area contributed by atoms with E-state index in [1.165, 1.54) is 0 Å². The van der Waals surface area contributed by atoms with Crippen LogP contribution in [0.3, 0.4) is 0 Å². The average molecular weight is 347 g/mol. The summed E-state index contributed by atoms with van der Waals surface area (Å²) >= 11 is 0. The van der Waals surface area contributed by atoms with Crippen LogP contribution in [0.4, 0.5) is 4.79 Å². The van der Waals surface area contributed by atoms with Gasteiger partial charge < -0.3 is 20.3 Å². The Balaban J connectivity index is 1.90. The summed E-state index contributed by atoms with van der Waals surface area (Å²) in [6, 6.07) is 9.10. The van der Waals surface area contributed by atoms with Gasteiger partial charge in [-0.25, -0.2) is 4.79 Å². The van der Waals surface area contributed by atoms with Gasteiger partial charge in [0.15, 0.2) is 0 Å². The standard InChI is InChI=1S/C19H29N3O3/c1-4-22(19(24)25-13-15-8-6-5-7-9-15)16-10-11-21(12-16)18(23)17(20)14(2)3/h5-9,14,16-17H,4,10-13,20H2,1-3H3. The van der Waals surface area contributed by atoms with Crippen molar-refractivity contribution >= 4 is 12.0 Å². The molecule has 2 unspecified atom stereocenters. The molecule has 0 aliphatic carbocycles. The molecular weight excluding hydrogens is 318 g/mol. The largest absolute Gasteiger partial charge is 0.445 e. The summed E-state index contributed by atoms with van der Waals surface area (Å²) in [5, 5.41) is 0. The lowest BCUT2D eigenvalue weighted by atomic mass is 10.0. The van der Waals surface area contributed by atoms with Gasteiger partial charge in [0.05, 0.1) is 12.1 Å². The fourth-order valence-electron chi connectivity index (χ4n) is 3.03. The quantitative estimate of drug-likeness (QED) is 0.856. The van der Waals surface area contributed by atoms with Gasteiger partial charge in [0.25, 0.3) is 0 Å². The van der Waals surface area contributed by atoms with Gasteiger partial charge in [0, 0.05) is 19.6 Å². The molecule has 0 saturated carbocycles. The highest BCUT2D eigenvalue weighted by Crippen LogP contribution is 2.19. The highest BCUT2D eigenvalue weighted by molar-refractivity contribution is 5.82. The fourth-order valence-corrected chi connectivity index (χ4v) is 3.03. The van der Waals surface area contributed by atoms with Crippen molar-refractivity contribution in [1.29, 1.82) is 0 Å². The third-order valence-electron chi connectivity index (χ3n) is 4.70. The molecule has 2 amide bonds. The summed E-state index contributed by atoms with van der Waals surface area (Å²) in [6.07, 6.45) is 0.420. The molecule has 1 aromatic carbocycles. The van der Waals surface area contributed by atoms with Crippen LogP contribution in [0.2, 0.25) is 0 Å². The maximum Gasteiger partial charge on any atom is 0.410 e. The van der Waals surface area contributed by atoms with Crippen molar-refractivity contribution in [2.24, 2.45) is 11.7 Å². The number of likely N-dealkylation sites (N-methyl/N-ethyl adjacent to an activating group) is 1. The van der Waals surface area contributed by atoms with Crippen LogP contribution in [0.5, 0.6) is 0 Å². The molecule has 1 aliphatic rings. The van der Waals surface area contributed by atoms with Crippen LogP contribution < -0.4 is 5.73 Å². The van der Waals surface area contributed by atoms with Gasteiger partial charge in [-0.1, -0.05) is 44.2 Å². The van der Waals surface area contributed by atoms with E-state index in [-0.39, 0.29) is 30.6 Å². The molecular formula is C19H29N3O3. The maximum atomic E-state index is 12.4. The molecule has 2 rings (SSSR count). The van der Waals surface area contributed by atoms with Crippen molar-refractivity contribution < 1.29 is 14.3 Å². The molecule has 1 aliphatic heterocycles. The first-order valence-corrected chi connectivity index (χ1v) is 8.95. The summed E-state index contributed by atoms with van der Waals surface area (Å²) < 4.78 is 5.43. The van der Waals surface area contributed by atoms with Crippen molar-refractivity contribution in [1.82, 2.24) is 9.80 Å². The summed E-state index contributed by atoms with van der Waals surface area (Å²) in [6.45, 7) is 7.76. The minimum atomic E-state index is -0.487. The third-order valence-corrected chi connectivity index (χ3v) is 4.70. The number of carbonyl (C=O) groups is 2. The predicted octanol–water partition coefficient (Wildman–Crippen LogP) is 2.23. The van der Waals surface area contributed by atoms with E-state index < -0.39 is 6.04 Å². The number of carbonyl (C=O) groups excluding carboxylic acids is 2. The van der Waals surface area contributed by atoms with Crippen molar-refractivity contribution in [3.8, 4) is 0 Å². The van der Waals surface area contributed by atoms with Gasteiger partial charge in [0.1, 0.15) is 6.61 Å². The summed E-state index contributed by atoms with van der Waals surface area (Å²) in [7, 11) is 0. The molecule has 0 aromatic heterocycles. The first-order chi connectivity index (χ1) is 11.9. The normalized spacial score (nSPS) is 18.3. The summed E-state index contributed by atoms with van der Waals surface area (Å²) in [4.78, 5) is 28.3. The van der Waals surface area contributed by atoms with Crippen LogP contribution in [0, 0.1) is 5.92 Å². The molecule has 1 aromatic rings. The van der Waals surface area contributed by atoms with Crippen molar-refractivity contribution in [3.63, 3.8) is 0 Å². The molecule has 0 bridgehead atoms. The number of benzene rings is 1. The highest BCUT2D eigenvalue weighted by atomic mass is 16.6. The Labute approximate surface area is 149 Å². The molecule has 1 heterocycles. The Morgan fingerprint density at radius 3 is 2.60 bits per heavy atom. The van der Waals surface area contributed by atoms with Gasteiger partial charge in [-0.3, -0.25) is 4.79 Å². The number of hydrogen-bond donors (Lipinski definition) is 1. The lowest BCUT2D eigenvalue weighted by Crippen LogP contribution is -2.47. The number of amides is 2. The zero-order valence-electron chi connectivity index (χ0n) is 15.4. The summed E-state index contributed by atoms with van der Waals surface area (Å²) in [5.74, 6) is 0.0656. The van der Waals surface area contributed by atoms with Gasteiger partial charge >= 0.3 is 6.09 Å². The van der Waals surface area contributed by atoms with Crippen LogP contribution in [0.15, 0.2) is 30.3 Å². The molecule has 0 spiro atoms. The molecule has 1 saturated heterocycles. The van der Waals surface area contributed by atoms with E-state index in [1.807, 2.05) is 51.1 Å². The molecule has 25 heavy (non-hydrogen) atoms. The van der Waals surface area contributed by atoms with Gasteiger partial charge in [0.2, 0.25) is 5.91 Å². The van der Waals surface area contributed by atoms with Crippen LogP contribution in [0.1, 0.15) is 32.8 Å². The van der Waals surface area contributed by atoms with E-state index in [0.29, 0.717) is 19.6 Å². The fraction of sp³-hybridized carbons (Fsp3) is 0.579. The van der Waals surface area contributed by atoms with Gasteiger partial charge in [-0.2, -0.15) is 0 Å². The lowest BCUT2D eigenvalue weighted by molar-refractivity contribution is -0.132. The Kier molecular flexibility index (Phi) is 6.82.